The monoisotopic (exact) mass is 1100 g/mol. The number of rotatable bonds is 8. The highest BCUT2D eigenvalue weighted by Crippen LogP contribution is 2.47. The molecule has 0 spiro atoms. The van der Waals surface area contributed by atoms with E-state index in [4.69, 9.17) is 0 Å². The Morgan fingerprint density at radius 1 is 0.226 bits per heavy atom. The van der Waals surface area contributed by atoms with Gasteiger partial charge in [-0.15, -0.1) is 0 Å². The molecule has 84 heavy (non-hydrogen) atoms. The first-order chi connectivity index (χ1) is 41.3. The van der Waals surface area contributed by atoms with Gasteiger partial charge in [-0.3, -0.25) is 0 Å². The van der Waals surface area contributed by atoms with E-state index >= 15 is 0 Å². The number of benzene rings is 11. The molecule has 0 amide bonds. The molecular weight excluding hydrogens is 1020 g/mol. The molecule has 0 aromatic heterocycles. The summed E-state index contributed by atoms with van der Waals surface area (Å²) in [5, 5.41) is 2.55. The maximum absolute atomic E-state index is 2.45. The van der Waals surface area contributed by atoms with Gasteiger partial charge in [0.15, 0.2) is 0 Å². The second kappa shape index (κ2) is 25.3. The second-order valence-corrected chi connectivity index (χ2v) is 21.7. The van der Waals surface area contributed by atoms with Crippen LogP contribution in [0.3, 0.4) is 0 Å². The van der Waals surface area contributed by atoms with Crippen LogP contribution in [0.25, 0.3) is 10.8 Å². The van der Waals surface area contributed by atoms with E-state index < -0.39 is 0 Å². The number of hydrogen-bond acceptors (Lipinski definition) is 8. The van der Waals surface area contributed by atoms with Crippen LogP contribution in [0.2, 0.25) is 0 Å². The van der Waals surface area contributed by atoms with Crippen LogP contribution < -0.4 is 39.2 Å². The predicted octanol–water partition coefficient (Wildman–Crippen LogP) is 18.7. The van der Waals surface area contributed by atoms with Crippen molar-refractivity contribution in [2.45, 2.75) is 27.7 Å². The highest BCUT2D eigenvalue weighted by molar-refractivity contribution is 5.98. The van der Waals surface area contributed by atoms with Crippen LogP contribution in [-0.2, 0) is 0 Å². The number of fused-ring (bicyclic) bond motifs is 3. The molecule has 11 aromatic rings. The molecule has 1 fully saturated rings. The topological polar surface area (TPSA) is 25.9 Å². The van der Waals surface area contributed by atoms with Crippen molar-refractivity contribution in [3.8, 4) is 0 Å². The van der Waals surface area contributed by atoms with Crippen LogP contribution in [0, 0.1) is 27.7 Å². The lowest BCUT2D eigenvalue weighted by Crippen LogP contribution is -2.25. The van der Waals surface area contributed by atoms with Crippen molar-refractivity contribution in [1.29, 1.82) is 0 Å². The molecule has 4 heterocycles. The molecule has 15 rings (SSSR count). The fourth-order valence-electron chi connectivity index (χ4n) is 11.8. The number of anilines is 12. The Labute approximate surface area is 496 Å². The Balaban J connectivity index is 0.000000112. The molecule has 416 valence electrons. The maximum Gasteiger partial charge on any atom is 0.100 e. The molecule has 4 aliphatic rings. The Morgan fingerprint density at radius 2 is 0.560 bits per heavy atom. The summed E-state index contributed by atoms with van der Waals surface area (Å²) in [7, 11) is 0. The molecule has 0 saturated carbocycles. The average molecular weight is 1100 g/mol. The smallest absolute Gasteiger partial charge is 0.100 e. The van der Waals surface area contributed by atoms with Gasteiger partial charge in [-0.05, 0) is 158 Å². The average Bonchev–Trinajstić information content (AvgIpc) is 4.03. The first-order valence-corrected chi connectivity index (χ1v) is 29.2. The molecule has 1 saturated heterocycles. The van der Waals surface area contributed by atoms with E-state index in [1.54, 1.807) is 0 Å². The van der Waals surface area contributed by atoms with Crippen molar-refractivity contribution in [3.63, 3.8) is 0 Å². The lowest BCUT2D eigenvalue weighted by Gasteiger charge is -2.23. The quantitative estimate of drug-likeness (QED) is 0.149. The fraction of sp³-hybridized carbons (Fsp3) is 0.132. The van der Waals surface area contributed by atoms with Crippen LogP contribution in [0.1, 0.15) is 22.3 Å². The van der Waals surface area contributed by atoms with E-state index in [2.05, 4.69) is 352 Å². The predicted molar refractivity (Wildman–Crippen MR) is 358 cm³/mol. The van der Waals surface area contributed by atoms with E-state index in [9.17, 15) is 0 Å². The van der Waals surface area contributed by atoms with E-state index in [0.29, 0.717) is 0 Å². The summed E-state index contributed by atoms with van der Waals surface area (Å²) in [6, 6.07) is 98.4. The Bertz CT molecular complexity index is 3980. The molecule has 0 bridgehead atoms. The van der Waals surface area contributed by atoms with Gasteiger partial charge in [0.05, 0.1) is 36.1 Å². The van der Waals surface area contributed by atoms with Crippen molar-refractivity contribution in [2.75, 3.05) is 79.0 Å². The summed E-state index contributed by atoms with van der Waals surface area (Å²) in [6.45, 7) is 14.4. The van der Waals surface area contributed by atoms with E-state index in [1.807, 2.05) is 6.07 Å². The van der Waals surface area contributed by atoms with E-state index in [1.165, 1.54) is 101 Å². The van der Waals surface area contributed by atoms with Gasteiger partial charge in [-0.2, -0.15) is 0 Å². The number of para-hydroxylation sites is 10. The van der Waals surface area contributed by atoms with Gasteiger partial charge in [-0.25, -0.2) is 0 Å². The van der Waals surface area contributed by atoms with Crippen LogP contribution in [0.4, 0.5) is 68.2 Å². The van der Waals surface area contributed by atoms with Gasteiger partial charge in [0.25, 0.3) is 0 Å². The summed E-state index contributed by atoms with van der Waals surface area (Å²) >= 11 is 0. The zero-order valence-electron chi connectivity index (χ0n) is 48.5. The third kappa shape index (κ3) is 11.9. The van der Waals surface area contributed by atoms with Crippen LogP contribution in [-0.4, -0.2) is 39.8 Å². The zero-order valence-corrected chi connectivity index (χ0v) is 48.5. The Morgan fingerprint density at radius 3 is 1.05 bits per heavy atom. The van der Waals surface area contributed by atoms with Crippen molar-refractivity contribution < 1.29 is 0 Å². The molecule has 0 radical (unpaired) electrons. The third-order valence-corrected chi connectivity index (χ3v) is 16.2. The highest BCUT2D eigenvalue weighted by atomic mass is 15.4. The molecule has 11 aromatic carbocycles. The molecule has 0 unspecified atom stereocenters. The fourth-order valence-corrected chi connectivity index (χ4v) is 11.8. The van der Waals surface area contributed by atoms with Gasteiger partial charge in [0, 0.05) is 71.0 Å². The molecular formula is C76H72N8. The molecule has 8 nitrogen and oxygen atoms in total. The molecule has 4 aliphatic heterocycles. The summed E-state index contributed by atoms with van der Waals surface area (Å²) in [6.07, 6.45) is 4.26. The van der Waals surface area contributed by atoms with Crippen molar-refractivity contribution in [3.05, 3.63) is 314 Å². The van der Waals surface area contributed by atoms with Crippen LogP contribution in [0.15, 0.2) is 291 Å². The first kappa shape index (κ1) is 54.4. The Kier molecular flexibility index (Phi) is 16.4. The third-order valence-electron chi connectivity index (χ3n) is 16.2. The second-order valence-electron chi connectivity index (χ2n) is 21.7. The van der Waals surface area contributed by atoms with E-state index in [0.717, 1.165) is 39.8 Å². The first-order valence-electron chi connectivity index (χ1n) is 29.2. The lowest BCUT2D eigenvalue weighted by molar-refractivity contribution is 0.945. The zero-order chi connectivity index (χ0) is 57.2. The minimum Gasteiger partial charge on any atom is -0.352 e. The standard InChI is InChI=1S/C24H20N2.C20H18N2.C16H18N2.C16H16N2/c1-18-9-5-8-14-22(18)26-17-25(21-12-3-2-4-13-21)23-15-19-10-6-7-11-20(19)16-24(23)26;1-16-9-5-6-12-18(16)22-15-21(17-10-3-2-4-11-17)19-13-7-8-14-20(19)22;2*1-14-7-5-6-10-16(14)18-12-11-17(13-18)15-8-3-2-4-9-15/h2-16H,17H2,1H3;2-14H,15H2,1H3;2-10H,11-13H2,1H3;2-12H,13H2,1H3. The van der Waals surface area contributed by atoms with Gasteiger partial charge in [0.1, 0.15) is 13.3 Å². The van der Waals surface area contributed by atoms with Gasteiger partial charge >= 0.3 is 0 Å². The number of aryl methyl sites for hydroxylation is 4. The lowest BCUT2D eigenvalue weighted by atomic mass is 10.1. The van der Waals surface area contributed by atoms with Gasteiger partial charge < -0.3 is 39.2 Å². The normalized spacial score (nSPS) is 13.9. The SMILES string of the molecule is Cc1ccccc1N1C=CN(c2ccccc2)C1.Cc1ccccc1N1CCN(c2ccccc2)C1.Cc1ccccc1N1CN(c2ccccc2)c2cc3ccccc3cc21.Cc1ccccc1N1CN(c2ccccc2)c2ccccc21. The van der Waals surface area contributed by atoms with Gasteiger partial charge in [0.2, 0.25) is 0 Å². The van der Waals surface area contributed by atoms with E-state index in [-0.39, 0.29) is 0 Å². The molecule has 0 aliphatic carbocycles. The molecule has 8 heteroatoms. The number of nitrogens with zero attached hydrogens (tertiary/aromatic N) is 8. The van der Waals surface area contributed by atoms with Crippen LogP contribution in [0.5, 0.6) is 0 Å². The summed E-state index contributed by atoms with van der Waals surface area (Å²) in [5.41, 5.74) is 20.5. The Hall–Kier alpha value is -10.2. The molecule has 0 atom stereocenters. The largest absolute Gasteiger partial charge is 0.352 e. The minimum absolute atomic E-state index is 0.820. The maximum atomic E-state index is 2.45. The van der Waals surface area contributed by atoms with Crippen molar-refractivity contribution in [2.24, 2.45) is 0 Å². The molecule has 0 N–H and O–H groups in total. The summed E-state index contributed by atoms with van der Waals surface area (Å²) in [5.74, 6) is 0. The summed E-state index contributed by atoms with van der Waals surface area (Å²) in [4.78, 5) is 18.9. The highest BCUT2D eigenvalue weighted by Gasteiger charge is 2.30. The minimum atomic E-state index is 0.820. The van der Waals surface area contributed by atoms with Gasteiger partial charge in [-0.1, -0.05) is 182 Å². The number of hydrogen-bond donors (Lipinski definition) is 0. The van der Waals surface area contributed by atoms with Crippen molar-refractivity contribution in [1.82, 2.24) is 0 Å². The van der Waals surface area contributed by atoms with Crippen LogP contribution >= 0.6 is 0 Å². The van der Waals surface area contributed by atoms with Crippen molar-refractivity contribution >= 4 is 79.0 Å². The summed E-state index contributed by atoms with van der Waals surface area (Å²) < 4.78 is 0.